The summed E-state index contributed by atoms with van der Waals surface area (Å²) in [5.41, 5.74) is 4.12. The number of hydrogen-bond donors (Lipinski definition) is 0. The van der Waals surface area contributed by atoms with Crippen molar-refractivity contribution in [3.8, 4) is 5.75 Å². The standard InChI is InChI=1S/C31H30F2N3O3/c1-36(21-31(38)34-15-16-35(30(37)20-34)27-4-3-5-28(19-27)39-2)17-14-24(22-6-10-25(32)11-7-22)18-29(36)23-8-12-26(33)13-9-23/h3-14,18-19H,15-17,20-21H2,1-2H3/q+1. The average Bonchev–Trinajstić information content (AvgIpc) is 2.94. The lowest BCUT2D eigenvalue weighted by Crippen LogP contribution is -2.57. The average molecular weight is 531 g/mol. The van der Waals surface area contributed by atoms with Gasteiger partial charge >= 0.3 is 0 Å². The maximum absolute atomic E-state index is 13.7. The van der Waals surface area contributed by atoms with Crippen molar-refractivity contribution in [2.75, 3.05) is 51.8 Å². The van der Waals surface area contributed by atoms with Gasteiger partial charge in [-0.2, -0.15) is 0 Å². The minimum atomic E-state index is -0.345. The monoisotopic (exact) mass is 530 g/mol. The number of methoxy groups -OCH3 is 1. The van der Waals surface area contributed by atoms with Gasteiger partial charge in [0.1, 0.15) is 36.2 Å². The number of rotatable bonds is 6. The van der Waals surface area contributed by atoms with Crippen LogP contribution in [0.5, 0.6) is 5.75 Å². The van der Waals surface area contributed by atoms with E-state index in [-0.39, 0.29) is 41.0 Å². The zero-order chi connectivity index (χ0) is 27.6. The van der Waals surface area contributed by atoms with Crippen LogP contribution in [0.15, 0.2) is 84.9 Å². The predicted octanol–water partition coefficient (Wildman–Crippen LogP) is 4.73. The highest BCUT2D eigenvalue weighted by molar-refractivity contribution is 5.98. The van der Waals surface area contributed by atoms with Gasteiger partial charge < -0.3 is 14.5 Å². The number of quaternary nitrogens is 1. The molecule has 6 nitrogen and oxygen atoms in total. The van der Waals surface area contributed by atoms with Gasteiger partial charge in [0.05, 0.1) is 14.2 Å². The minimum Gasteiger partial charge on any atom is -0.497 e. The third kappa shape index (κ3) is 5.61. The van der Waals surface area contributed by atoms with Crippen LogP contribution in [0, 0.1) is 11.6 Å². The summed E-state index contributed by atoms with van der Waals surface area (Å²) in [5.74, 6) is -0.290. The first-order valence-electron chi connectivity index (χ1n) is 12.8. The molecule has 2 heterocycles. The quantitative estimate of drug-likeness (QED) is 0.433. The number of halogens is 2. The summed E-state index contributed by atoms with van der Waals surface area (Å²) in [5, 5.41) is 0. The number of likely N-dealkylation sites (N-methyl/N-ethyl adjacent to an activating group) is 1. The largest absolute Gasteiger partial charge is 0.497 e. The molecule has 0 radical (unpaired) electrons. The lowest BCUT2D eigenvalue weighted by atomic mass is 9.96. The Labute approximate surface area is 226 Å². The zero-order valence-electron chi connectivity index (χ0n) is 21.9. The molecule has 1 saturated heterocycles. The normalized spacial score (nSPS) is 19.4. The lowest BCUT2D eigenvalue weighted by molar-refractivity contribution is -0.825. The molecule has 0 aliphatic carbocycles. The van der Waals surface area contributed by atoms with E-state index < -0.39 is 0 Å². The van der Waals surface area contributed by atoms with Gasteiger partial charge in [-0.15, -0.1) is 0 Å². The summed E-state index contributed by atoms with van der Waals surface area (Å²) in [6.45, 7) is 1.41. The molecule has 3 aromatic carbocycles. The van der Waals surface area contributed by atoms with E-state index >= 15 is 0 Å². The fourth-order valence-electron chi connectivity index (χ4n) is 5.11. The van der Waals surface area contributed by atoms with Crippen LogP contribution in [0.2, 0.25) is 0 Å². The van der Waals surface area contributed by atoms with Gasteiger partial charge in [-0.3, -0.25) is 14.1 Å². The van der Waals surface area contributed by atoms with Crippen LogP contribution in [0.4, 0.5) is 14.5 Å². The summed E-state index contributed by atoms with van der Waals surface area (Å²) in [6, 6.07) is 19.8. The Morgan fingerprint density at radius 1 is 0.949 bits per heavy atom. The van der Waals surface area contributed by atoms with Gasteiger partial charge in [0.2, 0.25) is 5.91 Å². The fraction of sp³-hybridized carbons (Fsp3) is 0.226. The van der Waals surface area contributed by atoms with Crippen LogP contribution in [-0.4, -0.2) is 68.1 Å². The van der Waals surface area contributed by atoms with E-state index in [2.05, 4.69) is 0 Å². The van der Waals surface area contributed by atoms with Gasteiger partial charge in [0.25, 0.3) is 5.91 Å². The first-order valence-corrected chi connectivity index (χ1v) is 12.8. The van der Waals surface area contributed by atoms with E-state index in [0.29, 0.717) is 25.4 Å². The second-order valence-corrected chi connectivity index (χ2v) is 10.0. The van der Waals surface area contributed by atoms with Crippen molar-refractivity contribution in [3.05, 3.63) is 108 Å². The smallest absolute Gasteiger partial charge is 0.278 e. The predicted molar refractivity (Wildman–Crippen MR) is 147 cm³/mol. The molecule has 2 aliphatic rings. The third-order valence-corrected chi connectivity index (χ3v) is 7.33. The van der Waals surface area contributed by atoms with E-state index in [1.165, 1.54) is 24.3 Å². The fourth-order valence-corrected chi connectivity index (χ4v) is 5.11. The van der Waals surface area contributed by atoms with Crippen molar-refractivity contribution in [1.82, 2.24) is 4.90 Å². The Bertz CT molecular complexity index is 1450. The minimum absolute atomic E-state index is 0.0116. The Morgan fingerprint density at radius 2 is 1.62 bits per heavy atom. The summed E-state index contributed by atoms with van der Waals surface area (Å²) < 4.78 is 32.8. The van der Waals surface area contributed by atoms with Crippen molar-refractivity contribution >= 4 is 28.8 Å². The topological polar surface area (TPSA) is 49.9 Å². The number of amides is 2. The highest BCUT2D eigenvalue weighted by Gasteiger charge is 2.37. The number of benzene rings is 3. The molecular formula is C31H30F2N3O3+. The van der Waals surface area contributed by atoms with Crippen LogP contribution in [0.1, 0.15) is 11.1 Å². The lowest BCUT2D eigenvalue weighted by Gasteiger charge is -2.40. The Kier molecular flexibility index (Phi) is 7.30. The molecule has 8 heteroatoms. The van der Waals surface area contributed by atoms with Crippen LogP contribution < -0.4 is 9.64 Å². The molecule has 0 spiro atoms. The Hall–Kier alpha value is -4.30. The molecule has 1 fully saturated rings. The van der Waals surface area contributed by atoms with Crippen LogP contribution >= 0.6 is 0 Å². The maximum atomic E-state index is 13.7. The maximum Gasteiger partial charge on any atom is 0.278 e. The molecule has 200 valence electrons. The second-order valence-electron chi connectivity index (χ2n) is 10.0. The van der Waals surface area contributed by atoms with Crippen molar-refractivity contribution < 1.29 is 27.6 Å². The summed E-state index contributed by atoms with van der Waals surface area (Å²) in [4.78, 5) is 29.8. The highest BCUT2D eigenvalue weighted by Crippen LogP contribution is 2.34. The van der Waals surface area contributed by atoms with Gasteiger partial charge in [0, 0.05) is 36.5 Å². The number of piperazine rings is 1. The van der Waals surface area contributed by atoms with Crippen molar-refractivity contribution in [2.45, 2.75) is 0 Å². The van der Waals surface area contributed by atoms with Gasteiger partial charge in [0.15, 0.2) is 6.54 Å². The molecule has 3 aromatic rings. The van der Waals surface area contributed by atoms with Crippen LogP contribution in [-0.2, 0) is 9.59 Å². The zero-order valence-corrected chi connectivity index (χ0v) is 21.9. The van der Waals surface area contributed by atoms with E-state index in [1.807, 2.05) is 37.4 Å². The molecule has 2 amide bonds. The van der Waals surface area contributed by atoms with E-state index in [9.17, 15) is 18.4 Å². The molecule has 39 heavy (non-hydrogen) atoms. The van der Waals surface area contributed by atoms with Gasteiger partial charge in [-0.1, -0.05) is 18.2 Å². The van der Waals surface area contributed by atoms with Crippen molar-refractivity contribution in [1.29, 1.82) is 0 Å². The first-order chi connectivity index (χ1) is 18.8. The van der Waals surface area contributed by atoms with Gasteiger partial charge in [-0.25, -0.2) is 8.78 Å². The molecule has 0 saturated carbocycles. The number of anilines is 1. The molecule has 5 rings (SSSR count). The molecule has 0 bridgehead atoms. The number of carbonyl (C=O) groups is 2. The Balaban J connectivity index is 1.36. The summed E-state index contributed by atoms with van der Waals surface area (Å²) in [6.07, 6.45) is 4.00. The third-order valence-electron chi connectivity index (χ3n) is 7.33. The first kappa shape index (κ1) is 26.3. The molecule has 0 aromatic heterocycles. The molecule has 0 N–H and O–H groups in total. The Morgan fingerprint density at radius 3 is 2.26 bits per heavy atom. The number of ether oxygens (including phenoxy) is 1. The van der Waals surface area contributed by atoms with Gasteiger partial charge in [-0.05, 0) is 65.7 Å². The van der Waals surface area contributed by atoms with E-state index in [0.717, 1.165) is 28.1 Å². The van der Waals surface area contributed by atoms with Crippen molar-refractivity contribution in [3.63, 3.8) is 0 Å². The summed E-state index contributed by atoms with van der Waals surface area (Å²) >= 11 is 0. The second kappa shape index (κ2) is 10.8. The number of carbonyl (C=O) groups excluding carboxylic acids is 2. The molecule has 1 unspecified atom stereocenters. The number of nitrogens with zero attached hydrogens (tertiary/aromatic N) is 3. The number of allylic oxidation sites excluding steroid dienone is 2. The summed E-state index contributed by atoms with van der Waals surface area (Å²) in [7, 11) is 3.54. The highest BCUT2D eigenvalue weighted by atomic mass is 19.1. The molecule has 1 atom stereocenters. The van der Waals surface area contributed by atoms with Crippen molar-refractivity contribution in [2.24, 2.45) is 0 Å². The SMILES string of the molecule is COc1cccc(N2CCN(C(=O)C[N+]3(C)CC=C(c4ccc(F)cc4)C=C3c3ccc(F)cc3)CC2=O)c1. The molecule has 2 aliphatic heterocycles. The van der Waals surface area contributed by atoms with E-state index in [1.54, 1.807) is 47.2 Å². The number of hydrogen-bond acceptors (Lipinski definition) is 3. The van der Waals surface area contributed by atoms with E-state index in [4.69, 9.17) is 4.74 Å². The molecular weight excluding hydrogens is 500 g/mol. The van der Waals surface area contributed by atoms with Crippen LogP contribution in [0.25, 0.3) is 11.3 Å². The van der Waals surface area contributed by atoms with Crippen LogP contribution in [0.3, 0.4) is 0 Å².